The zero-order chi connectivity index (χ0) is 28.7. The second-order valence-corrected chi connectivity index (χ2v) is 12.0. The zero-order valence-corrected chi connectivity index (χ0v) is 24.8. The van der Waals surface area contributed by atoms with Gasteiger partial charge in [-0.2, -0.15) is 11.8 Å². The Kier molecular flexibility index (Phi) is 10.3. The van der Waals surface area contributed by atoms with Gasteiger partial charge in [0.1, 0.15) is 23.4 Å². The minimum absolute atomic E-state index is 0.0952. The van der Waals surface area contributed by atoms with E-state index in [1.54, 1.807) is 68.8 Å². The molecule has 1 saturated carbocycles. The summed E-state index contributed by atoms with van der Waals surface area (Å²) in [6, 6.07) is 11.2. The van der Waals surface area contributed by atoms with E-state index < -0.39 is 23.8 Å². The number of methoxy groups -OCH3 is 1. The lowest BCUT2D eigenvalue weighted by Gasteiger charge is -2.35. The maximum absolute atomic E-state index is 14.2. The Morgan fingerprint density at radius 3 is 2.18 bits per heavy atom. The van der Waals surface area contributed by atoms with Crippen molar-refractivity contribution in [3.63, 3.8) is 0 Å². The number of ether oxygens (including phenoxy) is 2. The number of nitrogens with one attached hydrogen (secondary N) is 2. The van der Waals surface area contributed by atoms with Crippen LogP contribution in [0.2, 0.25) is 0 Å². The van der Waals surface area contributed by atoms with Crippen LogP contribution in [0.25, 0.3) is 0 Å². The number of anilines is 1. The Morgan fingerprint density at radius 1 is 1.05 bits per heavy atom. The predicted octanol–water partition coefficient (Wildman–Crippen LogP) is 5.63. The lowest BCUT2D eigenvalue weighted by atomic mass is 9.98. The third-order valence-electron chi connectivity index (χ3n) is 6.24. The summed E-state index contributed by atoms with van der Waals surface area (Å²) in [5, 5.41) is 5.79. The van der Waals surface area contributed by atoms with Gasteiger partial charge < -0.3 is 25.0 Å². The smallest absolute Gasteiger partial charge is 0.408 e. The molecule has 2 atom stereocenters. The third-order valence-corrected chi connectivity index (χ3v) is 6.88. The molecule has 0 heterocycles. The molecule has 39 heavy (non-hydrogen) atoms. The maximum Gasteiger partial charge on any atom is 0.408 e. The number of amides is 3. The molecule has 0 aliphatic heterocycles. The summed E-state index contributed by atoms with van der Waals surface area (Å²) in [6.45, 7) is 9.29. The fraction of sp³-hybridized carbons (Fsp3) is 0.500. The van der Waals surface area contributed by atoms with E-state index in [0.717, 1.165) is 29.5 Å². The van der Waals surface area contributed by atoms with Crippen LogP contribution in [0.5, 0.6) is 5.75 Å². The zero-order valence-electron chi connectivity index (χ0n) is 24.0. The molecule has 2 unspecified atom stereocenters. The molecule has 1 aliphatic carbocycles. The highest BCUT2D eigenvalue weighted by atomic mass is 32.2. The monoisotopic (exact) mass is 555 g/mol. The Hall–Kier alpha value is -3.20. The molecular weight excluding hydrogens is 514 g/mol. The van der Waals surface area contributed by atoms with E-state index in [1.807, 2.05) is 38.3 Å². The van der Waals surface area contributed by atoms with E-state index in [4.69, 9.17) is 9.47 Å². The highest BCUT2D eigenvalue weighted by Crippen LogP contribution is 2.37. The number of rotatable bonds is 11. The van der Waals surface area contributed by atoms with Gasteiger partial charge in [-0.3, -0.25) is 9.59 Å². The van der Waals surface area contributed by atoms with Crippen LogP contribution in [0.15, 0.2) is 42.5 Å². The Bertz CT molecular complexity index is 1140. The van der Waals surface area contributed by atoms with E-state index in [0.29, 0.717) is 23.6 Å². The van der Waals surface area contributed by atoms with Gasteiger partial charge in [-0.25, -0.2) is 4.79 Å². The van der Waals surface area contributed by atoms with Crippen molar-refractivity contribution in [2.75, 3.05) is 24.4 Å². The first kappa shape index (κ1) is 30.3. The average molecular weight is 556 g/mol. The molecule has 212 valence electrons. The highest BCUT2D eigenvalue weighted by Gasteiger charge is 2.44. The first-order valence-corrected chi connectivity index (χ1v) is 14.6. The normalized spacial score (nSPS) is 14.6. The van der Waals surface area contributed by atoms with Crippen LogP contribution in [0.1, 0.15) is 62.8 Å². The first-order chi connectivity index (χ1) is 18.4. The molecule has 1 aliphatic rings. The van der Waals surface area contributed by atoms with Crippen molar-refractivity contribution in [2.45, 2.75) is 77.6 Å². The molecule has 0 spiro atoms. The minimum Gasteiger partial charge on any atom is -0.497 e. The summed E-state index contributed by atoms with van der Waals surface area (Å²) in [6.07, 6.45) is 3.31. The summed E-state index contributed by atoms with van der Waals surface area (Å²) >= 11 is 1.59. The number of aryl methyl sites for hydroxylation is 2. The summed E-state index contributed by atoms with van der Waals surface area (Å²) in [5.74, 6) is 0.744. The van der Waals surface area contributed by atoms with E-state index >= 15 is 0 Å². The molecule has 3 rings (SSSR count). The molecule has 0 saturated heterocycles. The second-order valence-electron chi connectivity index (χ2n) is 11.0. The molecule has 0 radical (unpaired) electrons. The van der Waals surface area contributed by atoms with Crippen molar-refractivity contribution >= 4 is 35.4 Å². The van der Waals surface area contributed by atoms with Gasteiger partial charge in [0, 0.05) is 11.7 Å². The van der Waals surface area contributed by atoms with E-state index in [-0.39, 0.29) is 17.9 Å². The van der Waals surface area contributed by atoms with Crippen molar-refractivity contribution in [2.24, 2.45) is 0 Å². The van der Waals surface area contributed by atoms with Crippen LogP contribution in [0.4, 0.5) is 10.5 Å². The molecule has 8 nitrogen and oxygen atoms in total. The summed E-state index contributed by atoms with van der Waals surface area (Å²) in [5.41, 5.74) is 2.64. The molecule has 2 aromatic carbocycles. The van der Waals surface area contributed by atoms with Crippen molar-refractivity contribution in [1.82, 2.24) is 10.2 Å². The van der Waals surface area contributed by atoms with Crippen LogP contribution in [-0.2, 0) is 14.3 Å². The van der Waals surface area contributed by atoms with Crippen LogP contribution in [0, 0.1) is 13.8 Å². The minimum atomic E-state index is -0.872. The van der Waals surface area contributed by atoms with Crippen LogP contribution >= 0.6 is 11.8 Å². The average Bonchev–Trinajstić information content (AvgIpc) is 3.68. The van der Waals surface area contributed by atoms with Gasteiger partial charge >= 0.3 is 6.09 Å². The number of alkyl carbamates (subject to hydrolysis) is 1. The van der Waals surface area contributed by atoms with Gasteiger partial charge in [0.05, 0.1) is 7.11 Å². The fourth-order valence-corrected chi connectivity index (χ4v) is 4.96. The molecule has 2 N–H and O–H groups in total. The molecule has 2 aromatic rings. The highest BCUT2D eigenvalue weighted by molar-refractivity contribution is 7.98. The number of hydrogen-bond acceptors (Lipinski definition) is 6. The van der Waals surface area contributed by atoms with Crippen molar-refractivity contribution < 1.29 is 23.9 Å². The largest absolute Gasteiger partial charge is 0.497 e. The van der Waals surface area contributed by atoms with Gasteiger partial charge in [0.2, 0.25) is 5.91 Å². The van der Waals surface area contributed by atoms with E-state index in [2.05, 4.69) is 10.6 Å². The summed E-state index contributed by atoms with van der Waals surface area (Å²) in [7, 11) is 1.58. The number of benzene rings is 2. The lowest BCUT2D eigenvalue weighted by molar-refractivity contribution is -0.141. The SMILES string of the molecule is COc1ccc(NC(=O)C(c2cc(C)cc(C)c2)N(C(=O)C(CCSC)NC(=O)OC(C)(C)C)C2CC2)cc1. The molecule has 0 bridgehead atoms. The Balaban J connectivity index is 1.99. The number of carbonyl (C=O) groups is 3. The number of carbonyl (C=O) groups excluding carboxylic acids is 3. The number of hydrogen-bond donors (Lipinski definition) is 2. The van der Waals surface area contributed by atoms with Crippen LogP contribution in [-0.4, -0.2) is 59.6 Å². The molecule has 9 heteroatoms. The van der Waals surface area contributed by atoms with Gasteiger partial charge in [-0.05, 0) is 95.7 Å². The van der Waals surface area contributed by atoms with Crippen molar-refractivity contribution in [3.8, 4) is 5.75 Å². The van der Waals surface area contributed by atoms with Crippen LogP contribution < -0.4 is 15.4 Å². The molecule has 1 fully saturated rings. The number of thioether (sulfide) groups is 1. The number of nitrogens with zero attached hydrogens (tertiary/aromatic N) is 1. The van der Waals surface area contributed by atoms with Crippen molar-refractivity contribution in [3.05, 3.63) is 59.2 Å². The quantitative estimate of drug-likeness (QED) is 0.373. The molecule has 0 aromatic heterocycles. The van der Waals surface area contributed by atoms with E-state index in [9.17, 15) is 14.4 Å². The summed E-state index contributed by atoms with van der Waals surface area (Å²) < 4.78 is 10.7. The van der Waals surface area contributed by atoms with E-state index in [1.165, 1.54) is 0 Å². The predicted molar refractivity (Wildman–Crippen MR) is 156 cm³/mol. The first-order valence-electron chi connectivity index (χ1n) is 13.3. The molecule has 3 amide bonds. The fourth-order valence-electron chi connectivity index (χ4n) is 4.48. The van der Waals surface area contributed by atoms with Crippen LogP contribution in [0.3, 0.4) is 0 Å². The lowest BCUT2D eigenvalue weighted by Crippen LogP contribution is -2.53. The van der Waals surface area contributed by atoms with Gasteiger partial charge in [0.25, 0.3) is 5.91 Å². The molecular formula is C30H41N3O5S. The van der Waals surface area contributed by atoms with Crippen molar-refractivity contribution in [1.29, 1.82) is 0 Å². The Labute approximate surface area is 236 Å². The maximum atomic E-state index is 14.2. The topological polar surface area (TPSA) is 97.0 Å². The third kappa shape index (κ3) is 8.92. The Morgan fingerprint density at radius 2 is 1.67 bits per heavy atom. The van der Waals surface area contributed by atoms with Gasteiger partial charge in [-0.15, -0.1) is 0 Å². The standard InChI is InChI=1S/C30H41N3O5S/c1-19-16-20(2)18-21(17-19)26(27(34)31-22-8-12-24(37-6)13-9-22)33(23-10-11-23)28(35)25(14-15-39-7)32-29(36)38-30(3,4)5/h8-9,12-13,16-18,23,25-26H,10-11,14-15H2,1-7H3,(H,31,34)(H,32,36). The van der Waals surface area contributed by atoms with Gasteiger partial charge in [-0.1, -0.05) is 29.3 Å². The summed E-state index contributed by atoms with van der Waals surface area (Å²) in [4.78, 5) is 42.5. The second kappa shape index (κ2) is 13.2. The van der Waals surface area contributed by atoms with Gasteiger partial charge in [0.15, 0.2) is 0 Å².